The largest absolute Gasteiger partial charge is 0.462 e. The summed E-state index contributed by atoms with van der Waals surface area (Å²) in [6, 6.07) is 17.1. The molecule has 4 amide bonds. The van der Waals surface area contributed by atoms with Gasteiger partial charge in [0.25, 0.3) is 5.91 Å². The van der Waals surface area contributed by atoms with E-state index in [1.165, 1.54) is 41.3 Å². The fourth-order valence-electron chi connectivity index (χ4n) is 4.02. The molecule has 4 rings (SSSR count). The number of rotatable bonds is 8. The first-order valence-electron chi connectivity index (χ1n) is 11.8. The van der Waals surface area contributed by atoms with E-state index in [0.717, 1.165) is 16.0 Å². The predicted molar refractivity (Wildman–Crippen MR) is 135 cm³/mol. The lowest BCUT2D eigenvalue weighted by atomic mass is 10.1. The molecular weight excluding hydrogens is 477 g/mol. The van der Waals surface area contributed by atoms with Crippen LogP contribution in [-0.4, -0.2) is 41.4 Å². The Morgan fingerprint density at radius 2 is 1.59 bits per heavy atom. The van der Waals surface area contributed by atoms with Crippen molar-refractivity contribution in [2.24, 2.45) is 0 Å². The van der Waals surface area contributed by atoms with Crippen molar-refractivity contribution < 1.29 is 28.3 Å². The number of hydrogen-bond donors (Lipinski definition) is 1. The first-order valence-corrected chi connectivity index (χ1v) is 11.8. The third kappa shape index (κ3) is 5.83. The second-order valence-corrected chi connectivity index (χ2v) is 8.61. The SMILES string of the molecule is CCOC(=O)c1ccc(NC(=O)C[C@@H]2C(=O)N(c3ccc(F)cc3)C(=O)N2Cc2ccc(C)cc2)cc1. The Labute approximate surface area is 213 Å². The van der Waals surface area contributed by atoms with Crippen molar-refractivity contribution in [2.75, 3.05) is 16.8 Å². The van der Waals surface area contributed by atoms with Gasteiger partial charge in [-0.3, -0.25) is 9.59 Å². The van der Waals surface area contributed by atoms with Crippen LogP contribution in [0.25, 0.3) is 0 Å². The lowest BCUT2D eigenvalue weighted by molar-refractivity contribution is -0.124. The normalized spacial score (nSPS) is 15.2. The zero-order valence-electron chi connectivity index (χ0n) is 20.4. The van der Waals surface area contributed by atoms with Gasteiger partial charge in [-0.15, -0.1) is 0 Å². The quantitative estimate of drug-likeness (QED) is 0.356. The van der Waals surface area contributed by atoms with Crippen molar-refractivity contribution in [3.63, 3.8) is 0 Å². The van der Waals surface area contributed by atoms with Crippen molar-refractivity contribution in [2.45, 2.75) is 32.9 Å². The van der Waals surface area contributed by atoms with Gasteiger partial charge in [0.05, 0.1) is 24.3 Å². The molecule has 1 saturated heterocycles. The molecule has 1 heterocycles. The maximum atomic E-state index is 13.5. The number of urea groups is 1. The summed E-state index contributed by atoms with van der Waals surface area (Å²) in [5.74, 6) is -2.02. The van der Waals surface area contributed by atoms with Crippen LogP contribution >= 0.6 is 0 Å². The van der Waals surface area contributed by atoms with E-state index in [4.69, 9.17) is 4.74 Å². The minimum Gasteiger partial charge on any atom is -0.462 e. The number of ether oxygens (including phenoxy) is 1. The number of amides is 4. The molecule has 3 aromatic rings. The van der Waals surface area contributed by atoms with Crippen molar-refractivity contribution in [1.82, 2.24) is 4.90 Å². The van der Waals surface area contributed by atoms with Gasteiger partial charge in [0.2, 0.25) is 5.91 Å². The molecule has 37 heavy (non-hydrogen) atoms. The molecule has 0 radical (unpaired) electrons. The summed E-state index contributed by atoms with van der Waals surface area (Å²) >= 11 is 0. The lowest BCUT2D eigenvalue weighted by Gasteiger charge is -2.22. The average Bonchev–Trinajstić information content (AvgIpc) is 3.10. The Hall–Kier alpha value is -4.53. The molecule has 1 atom stereocenters. The number of esters is 1. The lowest BCUT2D eigenvalue weighted by Crippen LogP contribution is -2.37. The fourth-order valence-corrected chi connectivity index (χ4v) is 4.02. The number of carbonyl (C=O) groups is 4. The maximum Gasteiger partial charge on any atom is 0.338 e. The van der Waals surface area contributed by atoms with Gasteiger partial charge in [-0.1, -0.05) is 29.8 Å². The van der Waals surface area contributed by atoms with Crippen LogP contribution < -0.4 is 10.2 Å². The van der Waals surface area contributed by atoms with Crippen LogP contribution in [-0.2, 0) is 20.9 Å². The van der Waals surface area contributed by atoms with Gasteiger partial charge in [0.1, 0.15) is 11.9 Å². The number of anilines is 2. The van der Waals surface area contributed by atoms with Gasteiger partial charge >= 0.3 is 12.0 Å². The third-order valence-corrected chi connectivity index (χ3v) is 5.94. The first-order chi connectivity index (χ1) is 17.8. The number of halogens is 1. The van der Waals surface area contributed by atoms with Gasteiger partial charge in [0, 0.05) is 12.2 Å². The predicted octanol–water partition coefficient (Wildman–Crippen LogP) is 4.68. The standard InChI is InChI=1S/C28H26FN3O5/c1-3-37-27(35)20-8-12-22(13-9-20)30-25(33)16-24-26(34)32(23-14-10-21(29)11-15-23)28(36)31(24)17-19-6-4-18(2)5-7-19/h4-15,24H,3,16-17H2,1-2H3,(H,30,33)/t24-/m1/s1. The van der Waals surface area contributed by atoms with E-state index in [1.807, 2.05) is 31.2 Å². The number of aryl methyl sites for hydroxylation is 1. The van der Waals surface area contributed by atoms with E-state index < -0.39 is 35.7 Å². The summed E-state index contributed by atoms with van der Waals surface area (Å²) < 4.78 is 18.4. The highest BCUT2D eigenvalue weighted by molar-refractivity contribution is 6.22. The minimum atomic E-state index is -1.06. The first kappa shape index (κ1) is 25.6. The van der Waals surface area contributed by atoms with Gasteiger partial charge in [0.15, 0.2) is 0 Å². The van der Waals surface area contributed by atoms with Crippen LogP contribution in [0.3, 0.4) is 0 Å². The molecule has 0 aliphatic carbocycles. The van der Waals surface area contributed by atoms with Crippen molar-refractivity contribution in [3.8, 4) is 0 Å². The summed E-state index contributed by atoms with van der Waals surface area (Å²) in [6.45, 7) is 4.02. The molecule has 1 fully saturated rings. The van der Waals surface area contributed by atoms with Crippen LogP contribution in [0.1, 0.15) is 34.8 Å². The maximum absolute atomic E-state index is 13.5. The van der Waals surface area contributed by atoms with E-state index >= 15 is 0 Å². The van der Waals surface area contributed by atoms with E-state index in [2.05, 4.69) is 5.32 Å². The third-order valence-electron chi connectivity index (χ3n) is 5.94. The highest BCUT2D eigenvalue weighted by Gasteiger charge is 2.46. The molecule has 0 bridgehead atoms. The Balaban J connectivity index is 1.54. The summed E-state index contributed by atoms with van der Waals surface area (Å²) in [5, 5.41) is 2.71. The summed E-state index contributed by atoms with van der Waals surface area (Å²) in [4.78, 5) is 53.8. The van der Waals surface area contributed by atoms with E-state index in [1.54, 1.807) is 19.1 Å². The van der Waals surface area contributed by atoms with E-state index in [0.29, 0.717) is 11.3 Å². The highest BCUT2D eigenvalue weighted by Crippen LogP contribution is 2.29. The summed E-state index contributed by atoms with van der Waals surface area (Å²) in [7, 11) is 0. The number of nitrogens with one attached hydrogen (secondary N) is 1. The Kier molecular flexibility index (Phi) is 7.62. The van der Waals surface area contributed by atoms with Crippen molar-refractivity contribution in [1.29, 1.82) is 0 Å². The topological polar surface area (TPSA) is 96.0 Å². The molecule has 3 aromatic carbocycles. The molecule has 0 unspecified atom stereocenters. The van der Waals surface area contributed by atoms with Crippen LogP contribution in [0.2, 0.25) is 0 Å². The van der Waals surface area contributed by atoms with Crippen LogP contribution in [0, 0.1) is 12.7 Å². The number of benzene rings is 3. The molecule has 8 nitrogen and oxygen atoms in total. The van der Waals surface area contributed by atoms with Crippen LogP contribution in [0.5, 0.6) is 0 Å². The molecule has 1 aliphatic heterocycles. The zero-order chi connectivity index (χ0) is 26.5. The monoisotopic (exact) mass is 503 g/mol. The summed E-state index contributed by atoms with van der Waals surface area (Å²) in [6.07, 6.45) is -0.284. The summed E-state index contributed by atoms with van der Waals surface area (Å²) in [5.41, 5.74) is 2.84. The van der Waals surface area contributed by atoms with Crippen LogP contribution in [0.4, 0.5) is 20.6 Å². The number of carbonyl (C=O) groups excluding carboxylic acids is 4. The molecule has 9 heteroatoms. The minimum absolute atomic E-state index is 0.120. The van der Waals surface area contributed by atoms with Gasteiger partial charge in [-0.05, 0) is 67.9 Å². The number of imide groups is 1. The van der Waals surface area contributed by atoms with Crippen molar-refractivity contribution >= 4 is 35.2 Å². The Bertz CT molecular complexity index is 1310. The molecule has 0 aromatic heterocycles. The van der Waals surface area contributed by atoms with Gasteiger partial charge < -0.3 is 15.0 Å². The fraction of sp³-hybridized carbons (Fsp3) is 0.214. The molecule has 1 N–H and O–H groups in total. The number of nitrogens with zero attached hydrogens (tertiary/aromatic N) is 2. The molecule has 0 spiro atoms. The Morgan fingerprint density at radius 3 is 2.22 bits per heavy atom. The molecule has 1 aliphatic rings. The smallest absolute Gasteiger partial charge is 0.338 e. The van der Waals surface area contributed by atoms with E-state index in [9.17, 15) is 23.6 Å². The molecular formula is C28H26FN3O5. The highest BCUT2D eigenvalue weighted by atomic mass is 19.1. The molecule has 190 valence electrons. The van der Waals surface area contributed by atoms with Crippen molar-refractivity contribution in [3.05, 3.63) is 95.3 Å². The Morgan fingerprint density at radius 1 is 0.946 bits per heavy atom. The van der Waals surface area contributed by atoms with Gasteiger partial charge in [-0.25, -0.2) is 18.9 Å². The zero-order valence-corrected chi connectivity index (χ0v) is 20.4. The van der Waals surface area contributed by atoms with Crippen LogP contribution in [0.15, 0.2) is 72.8 Å². The molecule has 0 saturated carbocycles. The second kappa shape index (κ2) is 11.0. The number of hydrogen-bond acceptors (Lipinski definition) is 5. The average molecular weight is 504 g/mol. The second-order valence-electron chi connectivity index (χ2n) is 8.61. The van der Waals surface area contributed by atoms with E-state index in [-0.39, 0.29) is 25.3 Å². The van der Waals surface area contributed by atoms with Gasteiger partial charge in [-0.2, -0.15) is 0 Å².